The van der Waals surface area contributed by atoms with E-state index in [1.807, 2.05) is 28.8 Å². The van der Waals surface area contributed by atoms with Crippen molar-refractivity contribution in [2.75, 3.05) is 0 Å². The van der Waals surface area contributed by atoms with E-state index in [4.69, 9.17) is 17.4 Å². The number of aliphatic hydroxyl groups is 2. The van der Waals surface area contributed by atoms with Gasteiger partial charge in [-0.3, -0.25) is 0 Å². The molecule has 2 heterocycles. The summed E-state index contributed by atoms with van der Waals surface area (Å²) in [6.07, 6.45) is 1.87. The van der Waals surface area contributed by atoms with E-state index in [0.717, 1.165) is 4.90 Å². The lowest BCUT2D eigenvalue weighted by Gasteiger charge is -2.18. The second kappa shape index (κ2) is 6.92. The number of fused-ring (bicyclic) bond motifs is 1. The average molecular weight is 393 g/mol. The minimum atomic E-state index is -0.919. The molecule has 136 valence electrons. The lowest BCUT2D eigenvalue weighted by atomic mass is 10.2. The molecule has 1 saturated carbocycles. The van der Waals surface area contributed by atoms with E-state index < -0.39 is 12.2 Å². The first-order valence-electron chi connectivity index (χ1n) is 8.01. The normalized spacial score (nSPS) is 26.7. The monoisotopic (exact) mass is 392 g/mol. The van der Waals surface area contributed by atoms with Crippen molar-refractivity contribution in [3.05, 3.63) is 47.4 Å². The number of imidazole rings is 1. The Hall–Kier alpha value is -2.07. The van der Waals surface area contributed by atoms with E-state index in [2.05, 4.69) is 20.1 Å². The van der Waals surface area contributed by atoms with E-state index in [1.54, 1.807) is 6.33 Å². The Morgan fingerprint density at radius 2 is 2.00 bits per heavy atom. The average Bonchev–Trinajstić information content (AvgIpc) is 3.20. The van der Waals surface area contributed by atoms with Gasteiger partial charge in [0.05, 0.1) is 24.8 Å². The molecule has 0 radical (unpaired) electrons. The summed E-state index contributed by atoms with van der Waals surface area (Å²) < 4.78 is 1.81. The van der Waals surface area contributed by atoms with Gasteiger partial charge in [0.25, 0.3) is 0 Å². The number of aliphatic hydroxyl groups excluding tert-OH is 2. The molecule has 0 spiro atoms. The molecule has 2 aromatic heterocycles. The first kappa shape index (κ1) is 17.3. The van der Waals surface area contributed by atoms with Crippen LogP contribution in [0.2, 0.25) is 5.02 Å². The largest absolute Gasteiger partial charge is 0.389 e. The first-order valence-corrected chi connectivity index (χ1v) is 9.26. The number of rotatable bonds is 3. The summed E-state index contributed by atoms with van der Waals surface area (Å²) in [5.74, 6) is 5.34. The van der Waals surface area contributed by atoms with Crippen LogP contribution in [0.4, 0.5) is 0 Å². The van der Waals surface area contributed by atoms with E-state index in [1.165, 1.54) is 18.1 Å². The molecule has 3 aromatic rings. The number of hydrogen-bond donors (Lipinski definition) is 4. The highest BCUT2D eigenvalue weighted by atomic mass is 35.5. The fourth-order valence-electron chi connectivity index (χ4n) is 3.28. The highest BCUT2D eigenvalue weighted by Gasteiger charge is 2.43. The third-order valence-electron chi connectivity index (χ3n) is 4.57. The molecule has 0 amide bonds. The Labute approximate surface area is 157 Å². The number of H-pyrrole nitrogens is 1. The molecule has 10 heteroatoms. The molecule has 1 fully saturated rings. The number of nitrogens with two attached hydrogens (primary N) is 1. The second-order valence-corrected chi connectivity index (χ2v) is 7.85. The van der Waals surface area contributed by atoms with Gasteiger partial charge in [0, 0.05) is 15.2 Å². The Morgan fingerprint density at radius 1 is 1.23 bits per heavy atom. The SMILES string of the molecule is N/N=c1/nc[nH]c2c1ncn2[C@@H]1C[C@H](Sc2ccc(Cl)cc2)[C@@H](O)[C@H]1O. The number of aromatic nitrogens is 4. The van der Waals surface area contributed by atoms with E-state index in [-0.39, 0.29) is 11.3 Å². The summed E-state index contributed by atoms with van der Waals surface area (Å²) in [5, 5.41) is 25.2. The molecule has 5 N–H and O–H groups in total. The van der Waals surface area contributed by atoms with Gasteiger partial charge in [0.15, 0.2) is 5.52 Å². The van der Waals surface area contributed by atoms with Crippen LogP contribution in [0.25, 0.3) is 11.2 Å². The van der Waals surface area contributed by atoms with Crippen LogP contribution in [0, 0.1) is 0 Å². The van der Waals surface area contributed by atoms with Crippen LogP contribution in [-0.2, 0) is 0 Å². The quantitative estimate of drug-likeness (QED) is 0.389. The standard InChI is InChI=1S/C16H17ClN6O2S/c17-8-1-3-9(4-2-8)26-11-5-10(13(24)14(11)25)23-7-21-12-15(22-18)19-6-20-16(12)23/h1-4,6-7,10-11,13-14,24-25H,5,18H2,(H,19,20,22)/t10-,11+,13+,14-/m1/s1. The third kappa shape index (κ3) is 2.96. The maximum atomic E-state index is 10.6. The molecule has 1 aliphatic carbocycles. The van der Waals surface area contributed by atoms with Crippen LogP contribution in [0.5, 0.6) is 0 Å². The summed E-state index contributed by atoms with van der Waals surface area (Å²) >= 11 is 7.44. The summed E-state index contributed by atoms with van der Waals surface area (Å²) in [6.45, 7) is 0. The second-order valence-electron chi connectivity index (χ2n) is 6.10. The van der Waals surface area contributed by atoms with Crippen molar-refractivity contribution in [1.82, 2.24) is 19.5 Å². The smallest absolute Gasteiger partial charge is 0.202 e. The minimum Gasteiger partial charge on any atom is -0.389 e. The lowest BCUT2D eigenvalue weighted by molar-refractivity contribution is 0.0259. The number of aromatic amines is 1. The van der Waals surface area contributed by atoms with Crippen molar-refractivity contribution < 1.29 is 10.2 Å². The van der Waals surface area contributed by atoms with Gasteiger partial charge in [-0.05, 0) is 30.7 Å². The number of nitrogens with one attached hydrogen (secondary N) is 1. The molecule has 1 aromatic carbocycles. The maximum Gasteiger partial charge on any atom is 0.202 e. The van der Waals surface area contributed by atoms with Gasteiger partial charge in [-0.15, -0.1) is 11.8 Å². The Balaban J connectivity index is 1.63. The highest BCUT2D eigenvalue weighted by molar-refractivity contribution is 8.00. The molecule has 0 aliphatic heterocycles. The predicted octanol–water partition coefficient (Wildman–Crippen LogP) is 1.01. The zero-order valence-corrected chi connectivity index (χ0v) is 15.1. The topological polar surface area (TPSA) is 125 Å². The van der Waals surface area contributed by atoms with Gasteiger partial charge in [-0.2, -0.15) is 5.10 Å². The van der Waals surface area contributed by atoms with Crippen molar-refractivity contribution in [2.24, 2.45) is 10.9 Å². The molecule has 0 bridgehead atoms. The van der Waals surface area contributed by atoms with Crippen LogP contribution in [0.1, 0.15) is 12.5 Å². The van der Waals surface area contributed by atoms with Gasteiger partial charge in [0.2, 0.25) is 5.49 Å². The maximum absolute atomic E-state index is 10.6. The van der Waals surface area contributed by atoms with Gasteiger partial charge in [0.1, 0.15) is 11.8 Å². The fraction of sp³-hybridized carbons (Fsp3) is 0.312. The third-order valence-corrected chi connectivity index (χ3v) is 6.14. The summed E-state index contributed by atoms with van der Waals surface area (Å²) in [7, 11) is 0. The van der Waals surface area contributed by atoms with Gasteiger partial charge in [-0.25, -0.2) is 9.97 Å². The molecule has 8 nitrogen and oxygen atoms in total. The molecule has 0 saturated heterocycles. The number of halogens is 1. The number of hydrogen-bond acceptors (Lipinski definition) is 7. The summed E-state index contributed by atoms with van der Waals surface area (Å²) in [4.78, 5) is 12.3. The van der Waals surface area contributed by atoms with Crippen LogP contribution in [0.15, 0.2) is 46.9 Å². The molecule has 4 rings (SSSR count). The number of nitrogens with zero attached hydrogens (tertiary/aromatic N) is 4. The first-order chi connectivity index (χ1) is 12.6. The minimum absolute atomic E-state index is 0.158. The Morgan fingerprint density at radius 3 is 2.73 bits per heavy atom. The summed E-state index contributed by atoms with van der Waals surface area (Å²) in [5.41, 5.74) is 1.49. The zero-order chi connectivity index (χ0) is 18.3. The molecule has 0 unspecified atom stereocenters. The molecule has 1 aliphatic rings. The molecular weight excluding hydrogens is 376 g/mol. The van der Waals surface area contributed by atoms with Crippen molar-refractivity contribution in [3.63, 3.8) is 0 Å². The van der Waals surface area contributed by atoms with Crippen molar-refractivity contribution in [1.29, 1.82) is 0 Å². The van der Waals surface area contributed by atoms with E-state index in [0.29, 0.717) is 28.1 Å². The zero-order valence-electron chi connectivity index (χ0n) is 13.5. The molecular formula is C16H17ClN6O2S. The fourth-order valence-corrected chi connectivity index (χ4v) is 4.64. The van der Waals surface area contributed by atoms with Crippen LogP contribution in [-0.4, -0.2) is 47.2 Å². The van der Waals surface area contributed by atoms with Crippen molar-refractivity contribution in [3.8, 4) is 0 Å². The van der Waals surface area contributed by atoms with Gasteiger partial charge < -0.3 is 25.6 Å². The molecule has 4 atom stereocenters. The Kier molecular flexibility index (Phi) is 4.62. The number of benzene rings is 1. The van der Waals surface area contributed by atoms with Gasteiger partial charge in [-0.1, -0.05) is 11.6 Å². The predicted molar refractivity (Wildman–Crippen MR) is 98.4 cm³/mol. The Bertz CT molecular complexity index is 988. The molecule has 26 heavy (non-hydrogen) atoms. The van der Waals surface area contributed by atoms with E-state index in [9.17, 15) is 10.2 Å². The lowest BCUT2D eigenvalue weighted by Crippen LogP contribution is -2.30. The highest BCUT2D eigenvalue weighted by Crippen LogP contribution is 2.41. The summed E-state index contributed by atoms with van der Waals surface area (Å²) in [6, 6.07) is 7.09. The van der Waals surface area contributed by atoms with Gasteiger partial charge >= 0.3 is 0 Å². The van der Waals surface area contributed by atoms with Crippen LogP contribution >= 0.6 is 23.4 Å². The van der Waals surface area contributed by atoms with E-state index >= 15 is 0 Å². The van der Waals surface area contributed by atoms with Crippen LogP contribution < -0.4 is 11.3 Å². The van der Waals surface area contributed by atoms with Crippen LogP contribution in [0.3, 0.4) is 0 Å². The van der Waals surface area contributed by atoms with Crippen molar-refractivity contribution in [2.45, 2.75) is 34.8 Å². The number of thioether (sulfide) groups is 1. The van der Waals surface area contributed by atoms with Crippen molar-refractivity contribution >= 4 is 34.5 Å².